The van der Waals surface area contributed by atoms with Crippen molar-refractivity contribution in [2.24, 2.45) is 0 Å². The summed E-state index contributed by atoms with van der Waals surface area (Å²) in [4.78, 5) is 34.8. The molecular formula is C13H16N4O3. The maximum absolute atomic E-state index is 12.1. The number of nitrogens with zero attached hydrogens (tertiary/aromatic N) is 4. The third-order valence-corrected chi connectivity index (χ3v) is 2.93. The Labute approximate surface area is 116 Å². The summed E-state index contributed by atoms with van der Waals surface area (Å²) >= 11 is 0. The Bertz CT molecular complexity index is 484. The van der Waals surface area contributed by atoms with Crippen LogP contribution in [0.15, 0.2) is 31.2 Å². The van der Waals surface area contributed by atoms with Gasteiger partial charge >= 0.3 is 6.09 Å². The Morgan fingerprint density at radius 3 is 2.55 bits per heavy atom. The van der Waals surface area contributed by atoms with Crippen molar-refractivity contribution in [2.75, 3.05) is 32.8 Å². The van der Waals surface area contributed by atoms with Crippen LogP contribution in [-0.2, 0) is 4.74 Å². The van der Waals surface area contributed by atoms with Gasteiger partial charge in [-0.15, -0.1) is 0 Å². The number of hydrogen-bond donors (Lipinski definition) is 0. The monoisotopic (exact) mass is 276 g/mol. The molecule has 1 saturated heterocycles. The van der Waals surface area contributed by atoms with Crippen molar-refractivity contribution in [1.29, 1.82) is 0 Å². The van der Waals surface area contributed by atoms with Crippen molar-refractivity contribution in [2.45, 2.75) is 0 Å². The molecular weight excluding hydrogens is 260 g/mol. The van der Waals surface area contributed by atoms with E-state index in [4.69, 9.17) is 4.74 Å². The molecule has 0 bridgehead atoms. The Balaban J connectivity index is 1.86. The number of carbonyl (C=O) groups excluding carboxylic acids is 2. The molecule has 0 unspecified atom stereocenters. The predicted molar refractivity (Wildman–Crippen MR) is 71.1 cm³/mol. The highest BCUT2D eigenvalue weighted by Gasteiger charge is 2.26. The van der Waals surface area contributed by atoms with E-state index in [-0.39, 0.29) is 18.6 Å². The first-order valence-electron chi connectivity index (χ1n) is 6.30. The van der Waals surface area contributed by atoms with Gasteiger partial charge in [0.15, 0.2) is 0 Å². The lowest BCUT2D eigenvalue weighted by molar-refractivity contribution is 0.0575. The average molecular weight is 276 g/mol. The fourth-order valence-corrected chi connectivity index (χ4v) is 1.89. The molecule has 0 saturated carbocycles. The second kappa shape index (κ2) is 6.65. The van der Waals surface area contributed by atoms with Gasteiger partial charge in [0.05, 0.1) is 6.20 Å². The van der Waals surface area contributed by atoms with Crippen LogP contribution < -0.4 is 0 Å². The van der Waals surface area contributed by atoms with Gasteiger partial charge in [0.2, 0.25) is 0 Å². The summed E-state index contributed by atoms with van der Waals surface area (Å²) < 4.78 is 4.95. The lowest BCUT2D eigenvalue weighted by atomic mass is 10.3. The van der Waals surface area contributed by atoms with E-state index < -0.39 is 0 Å². The molecule has 1 aromatic heterocycles. The van der Waals surface area contributed by atoms with E-state index in [1.54, 1.807) is 9.80 Å². The molecule has 0 aromatic carbocycles. The van der Waals surface area contributed by atoms with Crippen molar-refractivity contribution >= 4 is 12.0 Å². The summed E-state index contributed by atoms with van der Waals surface area (Å²) in [5, 5.41) is 0. The molecule has 0 atom stereocenters. The van der Waals surface area contributed by atoms with Crippen molar-refractivity contribution in [1.82, 2.24) is 19.8 Å². The van der Waals surface area contributed by atoms with E-state index in [9.17, 15) is 9.59 Å². The SMILES string of the molecule is C=CCOC(=O)N1CCN(C(=O)c2cnccn2)CC1. The molecule has 2 heterocycles. The van der Waals surface area contributed by atoms with Gasteiger partial charge in [-0.3, -0.25) is 9.78 Å². The molecule has 20 heavy (non-hydrogen) atoms. The molecule has 1 fully saturated rings. The second-order valence-electron chi connectivity index (χ2n) is 4.24. The first kappa shape index (κ1) is 14.0. The Morgan fingerprint density at radius 1 is 1.25 bits per heavy atom. The fourth-order valence-electron chi connectivity index (χ4n) is 1.89. The largest absolute Gasteiger partial charge is 0.445 e. The minimum absolute atomic E-state index is 0.169. The number of aromatic nitrogens is 2. The number of carbonyl (C=O) groups is 2. The van der Waals surface area contributed by atoms with E-state index >= 15 is 0 Å². The number of rotatable bonds is 3. The molecule has 7 nitrogen and oxygen atoms in total. The van der Waals surface area contributed by atoms with Crippen molar-refractivity contribution in [3.8, 4) is 0 Å². The Morgan fingerprint density at radius 2 is 1.95 bits per heavy atom. The van der Waals surface area contributed by atoms with E-state index in [1.807, 2.05) is 0 Å². The van der Waals surface area contributed by atoms with Gasteiger partial charge in [-0.2, -0.15) is 0 Å². The Kier molecular flexibility index (Phi) is 4.65. The van der Waals surface area contributed by atoms with E-state index in [2.05, 4.69) is 16.5 Å². The van der Waals surface area contributed by atoms with E-state index in [1.165, 1.54) is 24.7 Å². The van der Waals surface area contributed by atoms with Crippen LogP contribution in [0.1, 0.15) is 10.5 Å². The molecule has 0 radical (unpaired) electrons. The Hall–Kier alpha value is -2.44. The lowest BCUT2D eigenvalue weighted by Gasteiger charge is -2.33. The van der Waals surface area contributed by atoms with E-state index in [0.29, 0.717) is 31.9 Å². The maximum atomic E-state index is 12.1. The van der Waals surface area contributed by atoms with Crippen LogP contribution in [0, 0.1) is 0 Å². The van der Waals surface area contributed by atoms with Crippen molar-refractivity contribution in [3.05, 3.63) is 36.9 Å². The summed E-state index contributed by atoms with van der Waals surface area (Å²) in [5.74, 6) is -0.169. The van der Waals surface area contributed by atoms with Gasteiger partial charge in [-0.05, 0) is 0 Å². The molecule has 0 spiro atoms. The van der Waals surface area contributed by atoms with Gasteiger partial charge in [0.25, 0.3) is 5.91 Å². The van der Waals surface area contributed by atoms with Crippen molar-refractivity contribution < 1.29 is 14.3 Å². The highest BCUT2D eigenvalue weighted by molar-refractivity contribution is 5.92. The molecule has 0 aliphatic carbocycles. The molecule has 1 aliphatic rings. The van der Waals surface area contributed by atoms with Gasteiger partial charge < -0.3 is 14.5 Å². The van der Waals surface area contributed by atoms with Gasteiger partial charge in [0.1, 0.15) is 12.3 Å². The molecule has 1 aromatic rings. The number of piperazine rings is 1. The highest BCUT2D eigenvalue weighted by Crippen LogP contribution is 2.07. The second-order valence-corrected chi connectivity index (χ2v) is 4.24. The molecule has 1 aliphatic heterocycles. The van der Waals surface area contributed by atoms with Gasteiger partial charge in [0, 0.05) is 38.6 Å². The topological polar surface area (TPSA) is 75.6 Å². The zero-order valence-corrected chi connectivity index (χ0v) is 11.1. The number of amides is 2. The van der Waals surface area contributed by atoms with Crippen LogP contribution in [0.2, 0.25) is 0 Å². The lowest BCUT2D eigenvalue weighted by Crippen LogP contribution is -2.50. The zero-order valence-electron chi connectivity index (χ0n) is 11.1. The maximum Gasteiger partial charge on any atom is 0.410 e. The van der Waals surface area contributed by atoms with Crippen LogP contribution in [0.4, 0.5) is 4.79 Å². The summed E-state index contributed by atoms with van der Waals surface area (Å²) in [6.07, 6.45) is 5.58. The standard InChI is InChI=1S/C13H16N4O3/c1-2-9-20-13(19)17-7-5-16(6-8-17)12(18)11-10-14-3-4-15-11/h2-4,10H,1,5-9H2. The summed E-state index contributed by atoms with van der Waals surface area (Å²) in [6, 6.07) is 0. The van der Waals surface area contributed by atoms with E-state index in [0.717, 1.165) is 0 Å². The predicted octanol–water partition coefficient (Wildman–Crippen LogP) is 0.557. The fraction of sp³-hybridized carbons (Fsp3) is 0.385. The van der Waals surface area contributed by atoms with Crippen LogP contribution in [0.5, 0.6) is 0 Å². The first-order chi connectivity index (χ1) is 9.72. The van der Waals surface area contributed by atoms with Crippen LogP contribution in [0.3, 0.4) is 0 Å². The normalized spacial score (nSPS) is 14.8. The molecule has 2 amide bonds. The summed E-state index contributed by atoms with van der Waals surface area (Å²) in [5.41, 5.74) is 0.315. The average Bonchev–Trinajstić information content (AvgIpc) is 2.53. The third kappa shape index (κ3) is 3.31. The van der Waals surface area contributed by atoms with Crippen LogP contribution in [-0.4, -0.2) is 64.6 Å². The minimum Gasteiger partial charge on any atom is -0.445 e. The zero-order chi connectivity index (χ0) is 14.4. The van der Waals surface area contributed by atoms with Crippen LogP contribution >= 0.6 is 0 Å². The smallest absolute Gasteiger partial charge is 0.410 e. The van der Waals surface area contributed by atoms with Gasteiger partial charge in [-0.1, -0.05) is 12.7 Å². The molecule has 0 N–H and O–H groups in total. The van der Waals surface area contributed by atoms with Crippen molar-refractivity contribution in [3.63, 3.8) is 0 Å². The molecule has 2 rings (SSSR count). The van der Waals surface area contributed by atoms with Crippen LogP contribution in [0.25, 0.3) is 0 Å². The quantitative estimate of drug-likeness (QED) is 0.754. The molecule has 106 valence electrons. The number of hydrogen-bond acceptors (Lipinski definition) is 5. The minimum atomic E-state index is -0.378. The first-order valence-corrected chi connectivity index (χ1v) is 6.30. The highest BCUT2D eigenvalue weighted by atomic mass is 16.6. The third-order valence-electron chi connectivity index (χ3n) is 2.93. The van der Waals surface area contributed by atoms with Gasteiger partial charge in [-0.25, -0.2) is 9.78 Å². The molecule has 7 heteroatoms. The summed E-state index contributed by atoms with van der Waals surface area (Å²) in [7, 11) is 0. The summed E-state index contributed by atoms with van der Waals surface area (Å²) in [6.45, 7) is 5.48. The number of ether oxygens (including phenoxy) is 1.